The number of aliphatic carboxylic acids is 1. The third-order valence-electron chi connectivity index (χ3n) is 6.11. The number of carbonyl (C=O) groups excluding carboxylic acids is 1. The van der Waals surface area contributed by atoms with Crippen molar-refractivity contribution in [1.29, 1.82) is 0 Å². The molecule has 136 valence electrons. The van der Waals surface area contributed by atoms with Gasteiger partial charge in [-0.25, -0.2) is 0 Å². The maximum Gasteiger partial charge on any atom is 0.311 e. The largest absolute Gasteiger partial charge is 0.481 e. The summed E-state index contributed by atoms with van der Waals surface area (Å²) in [5.41, 5.74) is 1.22. The zero-order chi connectivity index (χ0) is 18.3. The van der Waals surface area contributed by atoms with Crippen molar-refractivity contribution in [2.45, 2.75) is 32.1 Å². The Kier molecular flexibility index (Phi) is 4.01. The van der Waals surface area contributed by atoms with E-state index in [9.17, 15) is 14.7 Å². The monoisotopic (exact) mass is 354 g/mol. The molecule has 0 radical (unpaired) electrons. The molecule has 1 aliphatic heterocycles. The first-order valence-electron chi connectivity index (χ1n) is 8.96. The third-order valence-corrected chi connectivity index (χ3v) is 6.11. The highest BCUT2D eigenvalue weighted by molar-refractivity contribution is 5.94. The number of fused-ring (bicyclic) bond motifs is 1. The fourth-order valence-corrected chi connectivity index (χ4v) is 4.62. The Hall–Kier alpha value is -2.70. The summed E-state index contributed by atoms with van der Waals surface area (Å²) in [5.74, 6) is -0.726. The molecule has 4 rings (SSSR count). The fraction of sp³-hybridized carbons (Fsp3) is 0.474. The van der Waals surface area contributed by atoms with Crippen molar-refractivity contribution >= 4 is 11.9 Å². The van der Waals surface area contributed by atoms with Gasteiger partial charge >= 0.3 is 5.97 Å². The Morgan fingerprint density at radius 1 is 1.27 bits per heavy atom. The standard InChI is InChI=1S/C19H22N4O3/c1-12-16(21-22-20-12)17(24)23-10-15-9-14(13-5-3-2-4-6-13)7-8-19(15,11-23)18(25)26/h2-6,14-15H,7-11H2,1H3,(H,25,26)(H,20,21,22)/t14-,15-,19-/m0/s1. The van der Waals surface area contributed by atoms with E-state index < -0.39 is 11.4 Å². The van der Waals surface area contributed by atoms with Crippen molar-refractivity contribution in [3.05, 3.63) is 47.3 Å². The second-order valence-electron chi connectivity index (χ2n) is 7.48. The normalized spacial score (nSPS) is 28.0. The molecule has 1 amide bonds. The number of hydrogen-bond donors (Lipinski definition) is 2. The van der Waals surface area contributed by atoms with Gasteiger partial charge in [-0.3, -0.25) is 9.59 Å². The lowest BCUT2D eigenvalue weighted by Crippen LogP contribution is -2.43. The molecule has 1 saturated carbocycles. The van der Waals surface area contributed by atoms with Crippen molar-refractivity contribution in [3.63, 3.8) is 0 Å². The molecule has 2 heterocycles. The molecule has 2 N–H and O–H groups in total. The molecular formula is C19H22N4O3. The molecule has 1 saturated heterocycles. The van der Waals surface area contributed by atoms with Crippen LogP contribution in [0, 0.1) is 18.3 Å². The van der Waals surface area contributed by atoms with E-state index in [-0.39, 0.29) is 24.1 Å². The van der Waals surface area contributed by atoms with E-state index in [4.69, 9.17) is 0 Å². The van der Waals surface area contributed by atoms with Gasteiger partial charge in [0.25, 0.3) is 5.91 Å². The van der Waals surface area contributed by atoms with Crippen LogP contribution in [0.25, 0.3) is 0 Å². The van der Waals surface area contributed by atoms with E-state index in [0.717, 1.165) is 12.8 Å². The summed E-state index contributed by atoms with van der Waals surface area (Å²) >= 11 is 0. The summed E-state index contributed by atoms with van der Waals surface area (Å²) in [7, 11) is 0. The number of aryl methyl sites for hydroxylation is 1. The van der Waals surface area contributed by atoms with Gasteiger partial charge in [0.05, 0.1) is 11.1 Å². The van der Waals surface area contributed by atoms with E-state index in [0.29, 0.717) is 24.6 Å². The topological polar surface area (TPSA) is 99.2 Å². The first-order valence-corrected chi connectivity index (χ1v) is 8.96. The molecule has 1 aromatic carbocycles. The van der Waals surface area contributed by atoms with E-state index in [1.54, 1.807) is 11.8 Å². The maximum absolute atomic E-state index is 12.8. The van der Waals surface area contributed by atoms with Gasteiger partial charge in [-0.1, -0.05) is 30.3 Å². The van der Waals surface area contributed by atoms with Crippen LogP contribution in [-0.2, 0) is 4.79 Å². The summed E-state index contributed by atoms with van der Waals surface area (Å²) in [6.07, 6.45) is 2.21. The van der Waals surface area contributed by atoms with Crippen molar-refractivity contribution in [1.82, 2.24) is 20.3 Å². The van der Waals surface area contributed by atoms with Gasteiger partial charge in [0.1, 0.15) is 0 Å². The number of nitrogens with zero attached hydrogens (tertiary/aromatic N) is 3. The smallest absolute Gasteiger partial charge is 0.311 e. The molecule has 1 aliphatic carbocycles. The Morgan fingerprint density at radius 2 is 2.04 bits per heavy atom. The number of carbonyl (C=O) groups is 2. The number of rotatable bonds is 3. The predicted molar refractivity (Wildman–Crippen MR) is 93.6 cm³/mol. The van der Waals surface area contributed by atoms with E-state index in [2.05, 4.69) is 27.5 Å². The van der Waals surface area contributed by atoms with Crippen LogP contribution in [0.1, 0.15) is 46.9 Å². The Bertz CT molecular complexity index is 834. The SMILES string of the molecule is Cc1n[nH]nc1C(=O)N1C[C@@H]2C[C@@H](c3ccccc3)CC[C@]2(C(=O)O)C1. The highest BCUT2D eigenvalue weighted by atomic mass is 16.4. The molecule has 7 heteroatoms. The number of nitrogens with one attached hydrogen (secondary N) is 1. The number of aromatic nitrogens is 3. The number of likely N-dealkylation sites (tertiary alicyclic amines) is 1. The van der Waals surface area contributed by atoms with Crippen LogP contribution in [0.2, 0.25) is 0 Å². The lowest BCUT2D eigenvalue weighted by molar-refractivity contribution is -0.152. The molecular weight excluding hydrogens is 332 g/mol. The van der Waals surface area contributed by atoms with Crippen molar-refractivity contribution in [3.8, 4) is 0 Å². The number of aromatic amines is 1. The minimum absolute atomic E-state index is 0.0462. The van der Waals surface area contributed by atoms with Crippen LogP contribution in [0.15, 0.2) is 30.3 Å². The molecule has 26 heavy (non-hydrogen) atoms. The quantitative estimate of drug-likeness (QED) is 0.880. The third kappa shape index (κ3) is 2.58. The predicted octanol–water partition coefficient (Wildman–Crippen LogP) is 2.22. The number of H-pyrrole nitrogens is 1. The molecule has 3 atom stereocenters. The molecule has 7 nitrogen and oxygen atoms in total. The number of amides is 1. The zero-order valence-electron chi connectivity index (χ0n) is 14.7. The van der Waals surface area contributed by atoms with Crippen LogP contribution >= 0.6 is 0 Å². The van der Waals surface area contributed by atoms with Crippen molar-refractivity contribution in [2.75, 3.05) is 13.1 Å². The van der Waals surface area contributed by atoms with Gasteiger partial charge in [-0.15, -0.1) is 0 Å². The highest BCUT2D eigenvalue weighted by Crippen LogP contribution is 2.51. The van der Waals surface area contributed by atoms with E-state index in [1.807, 2.05) is 18.2 Å². The van der Waals surface area contributed by atoms with Crippen LogP contribution in [0.5, 0.6) is 0 Å². The number of hydrogen-bond acceptors (Lipinski definition) is 4. The van der Waals surface area contributed by atoms with Gasteiger partial charge in [0.2, 0.25) is 0 Å². The van der Waals surface area contributed by atoms with Crippen LogP contribution in [0.3, 0.4) is 0 Å². The van der Waals surface area contributed by atoms with E-state index in [1.165, 1.54) is 5.56 Å². The molecule has 0 bridgehead atoms. The average molecular weight is 354 g/mol. The maximum atomic E-state index is 12.8. The summed E-state index contributed by atoms with van der Waals surface area (Å²) in [6.45, 7) is 2.43. The van der Waals surface area contributed by atoms with Gasteiger partial charge < -0.3 is 10.0 Å². The van der Waals surface area contributed by atoms with Crippen LogP contribution < -0.4 is 0 Å². The fourth-order valence-electron chi connectivity index (χ4n) is 4.62. The van der Waals surface area contributed by atoms with Crippen molar-refractivity contribution < 1.29 is 14.7 Å². The zero-order valence-corrected chi connectivity index (χ0v) is 14.7. The Morgan fingerprint density at radius 3 is 2.69 bits per heavy atom. The molecule has 2 aromatic rings. The van der Waals surface area contributed by atoms with Crippen molar-refractivity contribution in [2.24, 2.45) is 11.3 Å². The van der Waals surface area contributed by atoms with Gasteiger partial charge in [0, 0.05) is 13.1 Å². The Balaban J connectivity index is 1.59. The molecule has 0 spiro atoms. The lowest BCUT2D eigenvalue weighted by Gasteiger charge is -2.38. The first kappa shape index (κ1) is 16.8. The molecule has 2 fully saturated rings. The molecule has 2 aliphatic rings. The van der Waals surface area contributed by atoms with E-state index >= 15 is 0 Å². The molecule has 0 unspecified atom stereocenters. The van der Waals surface area contributed by atoms with Crippen LogP contribution in [0.4, 0.5) is 0 Å². The lowest BCUT2D eigenvalue weighted by atomic mass is 9.64. The minimum atomic E-state index is -0.849. The second kappa shape index (κ2) is 6.23. The van der Waals surface area contributed by atoms with Gasteiger partial charge in [-0.05, 0) is 43.6 Å². The summed E-state index contributed by atoms with van der Waals surface area (Å²) in [6, 6.07) is 10.2. The number of carboxylic acid groups (broad SMARTS) is 1. The summed E-state index contributed by atoms with van der Waals surface area (Å²) < 4.78 is 0. The number of benzene rings is 1. The number of carboxylic acids is 1. The second-order valence-corrected chi connectivity index (χ2v) is 7.48. The van der Waals surface area contributed by atoms with Gasteiger partial charge in [0.15, 0.2) is 5.69 Å². The summed E-state index contributed by atoms with van der Waals surface area (Å²) in [5, 5.41) is 20.3. The Labute approximate surface area is 151 Å². The average Bonchev–Trinajstić information content (AvgIpc) is 3.25. The minimum Gasteiger partial charge on any atom is -0.481 e. The first-order chi connectivity index (χ1) is 12.5. The van der Waals surface area contributed by atoms with Crippen LogP contribution in [-0.4, -0.2) is 50.4 Å². The van der Waals surface area contributed by atoms with Gasteiger partial charge in [-0.2, -0.15) is 15.4 Å². The molecule has 1 aromatic heterocycles. The highest BCUT2D eigenvalue weighted by Gasteiger charge is 2.56. The summed E-state index contributed by atoms with van der Waals surface area (Å²) in [4.78, 5) is 26.6.